The predicted molar refractivity (Wildman–Crippen MR) is 77.5 cm³/mol. The predicted octanol–water partition coefficient (Wildman–Crippen LogP) is 1.44. The van der Waals surface area contributed by atoms with Crippen LogP contribution >= 0.6 is 0 Å². The van der Waals surface area contributed by atoms with Crippen LogP contribution in [0.15, 0.2) is 0 Å². The van der Waals surface area contributed by atoms with Gasteiger partial charge in [-0.15, -0.1) is 0 Å². The highest BCUT2D eigenvalue weighted by Crippen LogP contribution is 2.28. The van der Waals surface area contributed by atoms with E-state index in [1.54, 1.807) is 7.11 Å². The second-order valence-electron chi connectivity index (χ2n) is 5.66. The molecular formula is C15H29NO4. The largest absolute Gasteiger partial charge is 0.469 e. The first-order chi connectivity index (χ1) is 9.65. The zero-order valence-electron chi connectivity index (χ0n) is 12.8. The number of methoxy groups -OCH3 is 2. The highest BCUT2D eigenvalue weighted by molar-refractivity contribution is 5.69. The van der Waals surface area contributed by atoms with Crippen molar-refractivity contribution in [3.05, 3.63) is 0 Å². The van der Waals surface area contributed by atoms with Crippen LogP contribution in [0.4, 0.5) is 0 Å². The Morgan fingerprint density at radius 3 is 2.60 bits per heavy atom. The van der Waals surface area contributed by atoms with E-state index in [0.717, 1.165) is 13.0 Å². The molecule has 0 bridgehead atoms. The molecule has 0 heterocycles. The third kappa shape index (κ3) is 7.22. The molecule has 0 aromatic heterocycles. The Morgan fingerprint density at radius 2 is 2.00 bits per heavy atom. The fourth-order valence-electron chi connectivity index (χ4n) is 2.87. The number of carbonyl (C=O) groups excluding carboxylic acids is 1. The van der Waals surface area contributed by atoms with Crippen molar-refractivity contribution in [1.29, 1.82) is 0 Å². The summed E-state index contributed by atoms with van der Waals surface area (Å²) in [5.74, 6) is 0.465. The van der Waals surface area contributed by atoms with Crippen molar-refractivity contribution in [2.75, 3.05) is 40.5 Å². The molecule has 1 unspecified atom stereocenters. The SMILES string of the molecule is COCCN(CCC(=O)OC)CC(O)CC1CCCC1. The van der Waals surface area contributed by atoms with Crippen LogP contribution < -0.4 is 0 Å². The lowest BCUT2D eigenvalue weighted by molar-refractivity contribution is -0.141. The number of hydrogen-bond acceptors (Lipinski definition) is 5. The van der Waals surface area contributed by atoms with Crippen LogP contribution in [0.2, 0.25) is 0 Å². The molecule has 0 aliphatic heterocycles. The highest BCUT2D eigenvalue weighted by atomic mass is 16.5. The van der Waals surface area contributed by atoms with Gasteiger partial charge in [0.2, 0.25) is 0 Å². The van der Waals surface area contributed by atoms with E-state index in [2.05, 4.69) is 9.64 Å². The molecule has 5 heteroatoms. The number of aliphatic hydroxyl groups is 1. The molecule has 20 heavy (non-hydrogen) atoms. The van der Waals surface area contributed by atoms with Gasteiger partial charge in [-0.3, -0.25) is 9.69 Å². The number of ether oxygens (including phenoxy) is 2. The third-order valence-corrected chi connectivity index (χ3v) is 4.02. The molecule has 0 spiro atoms. The molecule has 5 nitrogen and oxygen atoms in total. The van der Waals surface area contributed by atoms with E-state index < -0.39 is 0 Å². The molecule has 1 aliphatic rings. The van der Waals surface area contributed by atoms with Crippen LogP contribution in [-0.4, -0.2) is 62.5 Å². The second kappa shape index (κ2) is 10.1. The number of esters is 1. The van der Waals surface area contributed by atoms with E-state index in [1.165, 1.54) is 32.8 Å². The van der Waals surface area contributed by atoms with Crippen LogP contribution in [0.5, 0.6) is 0 Å². The first-order valence-corrected chi connectivity index (χ1v) is 7.62. The van der Waals surface area contributed by atoms with Gasteiger partial charge in [0.15, 0.2) is 0 Å². The summed E-state index contributed by atoms with van der Waals surface area (Å²) in [5, 5.41) is 10.2. The van der Waals surface area contributed by atoms with Crippen LogP contribution in [-0.2, 0) is 14.3 Å². The Balaban J connectivity index is 2.30. The van der Waals surface area contributed by atoms with Gasteiger partial charge in [-0.05, 0) is 12.3 Å². The van der Waals surface area contributed by atoms with Crippen molar-refractivity contribution in [3.8, 4) is 0 Å². The molecule has 1 saturated carbocycles. The molecule has 118 valence electrons. The Labute approximate surface area is 122 Å². The maximum atomic E-state index is 11.2. The summed E-state index contributed by atoms with van der Waals surface area (Å²) in [4.78, 5) is 13.3. The van der Waals surface area contributed by atoms with Gasteiger partial charge in [0, 0.05) is 26.7 Å². The van der Waals surface area contributed by atoms with Gasteiger partial charge in [0.25, 0.3) is 0 Å². The molecule has 0 aromatic carbocycles. The summed E-state index contributed by atoms with van der Waals surface area (Å²) >= 11 is 0. The normalized spacial score (nSPS) is 17.6. The van der Waals surface area contributed by atoms with Crippen molar-refractivity contribution in [2.45, 2.75) is 44.6 Å². The van der Waals surface area contributed by atoms with Gasteiger partial charge in [-0.25, -0.2) is 0 Å². The maximum absolute atomic E-state index is 11.2. The number of rotatable bonds is 10. The minimum Gasteiger partial charge on any atom is -0.469 e. The lowest BCUT2D eigenvalue weighted by Gasteiger charge is -2.25. The molecule has 1 N–H and O–H groups in total. The molecule has 0 radical (unpaired) electrons. The lowest BCUT2D eigenvalue weighted by atomic mass is 10.00. The highest BCUT2D eigenvalue weighted by Gasteiger charge is 2.20. The standard InChI is InChI=1S/C15H29NO4/c1-19-10-9-16(8-7-15(18)20-2)12-14(17)11-13-5-3-4-6-13/h13-14,17H,3-12H2,1-2H3. The van der Waals surface area contributed by atoms with E-state index in [-0.39, 0.29) is 12.1 Å². The first-order valence-electron chi connectivity index (χ1n) is 7.62. The third-order valence-electron chi connectivity index (χ3n) is 4.02. The molecule has 1 fully saturated rings. The van der Waals surface area contributed by atoms with Crippen LogP contribution in [0.3, 0.4) is 0 Å². The minimum atomic E-state index is -0.312. The fourth-order valence-corrected chi connectivity index (χ4v) is 2.87. The Morgan fingerprint density at radius 1 is 1.30 bits per heavy atom. The van der Waals surface area contributed by atoms with Crippen molar-refractivity contribution >= 4 is 5.97 Å². The van der Waals surface area contributed by atoms with E-state index >= 15 is 0 Å². The Hall–Kier alpha value is -0.650. The first kappa shape index (κ1) is 17.4. The quantitative estimate of drug-likeness (QED) is 0.616. The average molecular weight is 287 g/mol. The van der Waals surface area contributed by atoms with E-state index in [1.807, 2.05) is 0 Å². The Kier molecular flexibility index (Phi) is 8.82. The lowest BCUT2D eigenvalue weighted by Crippen LogP contribution is -2.37. The smallest absolute Gasteiger partial charge is 0.306 e. The van der Waals surface area contributed by atoms with Crippen LogP contribution in [0.25, 0.3) is 0 Å². The van der Waals surface area contributed by atoms with Crippen LogP contribution in [0.1, 0.15) is 38.5 Å². The molecule has 0 aromatic rings. The van der Waals surface area contributed by atoms with Crippen molar-refractivity contribution in [2.24, 2.45) is 5.92 Å². The van der Waals surface area contributed by atoms with Crippen LogP contribution in [0, 0.1) is 5.92 Å². The number of nitrogens with zero attached hydrogens (tertiary/aromatic N) is 1. The number of hydrogen-bond donors (Lipinski definition) is 1. The molecule has 1 rings (SSSR count). The summed E-state index contributed by atoms with van der Waals surface area (Å²) in [6.45, 7) is 2.56. The van der Waals surface area contributed by atoms with Crippen molar-refractivity contribution in [3.63, 3.8) is 0 Å². The summed E-state index contributed by atoms with van der Waals surface area (Å²) in [6, 6.07) is 0. The average Bonchev–Trinajstić information content (AvgIpc) is 2.94. The zero-order chi connectivity index (χ0) is 14.8. The van der Waals surface area contributed by atoms with E-state index in [0.29, 0.717) is 32.0 Å². The maximum Gasteiger partial charge on any atom is 0.306 e. The number of aliphatic hydroxyl groups excluding tert-OH is 1. The van der Waals surface area contributed by atoms with Gasteiger partial charge < -0.3 is 14.6 Å². The van der Waals surface area contributed by atoms with Gasteiger partial charge in [-0.1, -0.05) is 25.7 Å². The Bertz CT molecular complexity index is 267. The van der Waals surface area contributed by atoms with Gasteiger partial charge in [0.1, 0.15) is 0 Å². The van der Waals surface area contributed by atoms with Crippen molar-refractivity contribution in [1.82, 2.24) is 4.90 Å². The summed E-state index contributed by atoms with van der Waals surface area (Å²) in [7, 11) is 3.06. The second-order valence-corrected chi connectivity index (χ2v) is 5.66. The van der Waals surface area contributed by atoms with Gasteiger partial charge >= 0.3 is 5.97 Å². The molecule has 0 amide bonds. The number of carbonyl (C=O) groups is 1. The summed E-state index contributed by atoms with van der Waals surface area (Å²) in [6.07, 6.45) is 6.01. The fraction of sp³-hybridized carbons (Fsp3) is 0.933. The molecular weight excluding hydrogens is 258 g/mol. The van der Waals surface area contributed by atoms with E-state index in [9.17, 15) is 9.90 Å². The van der Waals surface area contributed by atoms with Gasteiger partial charge in [0.05, 0.1) is 26.2 Å². The minimum absolute atomic E-state index is 0.210. The van der Waals surface area contributed by atoms with Gasteiger partial charge in [-0.2, -0.15) is 0 Å². The summed E-state index contributed by atoms with van der Waals surface area (Å²) < 4.78 is 9.74. The molecule has 1 atom stereocenters. The van der Waals surface area contributed by atoms with Crippen molar-refractivity contribution < 1.29 is 19.4 Å². The molecule has 1 aliphatic carbocycles. The molecule has 0 saturated heterocycles. The van der Waals surface area contributed by atoms with E-state index in [4.69, 9.17) is 4.74 Å². The monoisotopic (exact) mass is 287 g/mol. The summed E-state index contributed by atoms with van der Waals surface area (Å²) in [5.41, 5.74) is 0. The zero-order valence-corrected chi connectivity index (χ0v) is 12.8. The topological polar surface area (TPSA) is 59.0 Å².